The predicted molar refractivity (Wildman–Crippen MR) is 126 cm³/mol. The van der Waals surface area contributed by atoms with Crippen LogP contribution in [-0.4, -0.2) is 29.1 Å². The van der Waals surface area contributed by atoms with E-state index < -0.39 is 0 Å². The average molecular weight is 412 g/mol. The third-order valence-electron chi connectivity index (χ3n) is 5.87. The maximum atomic E-state index is 5.17. The van der Waals surface area contributed by atoms with Gasteiger partial charge in [0.05, 0.1) is 27.6 Å². The van der Waals surface area contributed by atoms with Crippen LogP contribution in [0.3, 0.4) is 0 Å². The Labute approximate surface area is 182 Å². The molecule has 0 atom stereocenters. The number of rotatable bonds is 2. The van der Waals surface area contributed by atoms with Crippen molar-refractivity contribution in [2.24, 2.45) is 0 Å². The van der Waals surface area contributed by atoms with Gasteiger partial charge in [-0.3, -0.25) is 14.1 Å². The number of nitrogens with zero attached hydrogens (tertiary/aromatic N) is 6. The third kappa shape index (κ3) is 2.29. The third-order valence-corrected chi connectivity index (χ3v) is 5.87. The summed E-state index contributed by atoms with van der Waals surface area (Å²) in [5, 5.41) is 1.09. The van der Waals surface area contributed by atoms with E-state index in [1.165, 1.54) is 0 Å². The normalized spacial score (nSPS) is 11.8. The second-order valence-corrected chi connectivity index (χ2v) is 7.66. The maximum absolute atomic E-state index is 5.17. The van der Waals surface area contributed by atoms with Crippen molar-refractivity contribution < 1.29 is 0 Å². The summed E-state index contributed by atoms with van der Waals surface area (Å²) in [4.78, 5) is 19.1. The molecule has 32 heavy (non-hydrogen) atoms. The molecule has 6 heterocycles. The average Bonchev–Trinajstić information content (AvgIpc) is 3.36. The van der Waals surface area contributed by atoms with E-state index in [2.05, 4.69) is 48.4 Å². The molecule has 0 N–H and O–H groups in total. The summed E-state index contributed by atoms with van der Waals surface area (Å²) in [6, 6.07) is 26.4. The van der Waals surface area contributed by atoms with Crippen LogP contribution in [0.15, 0.2) is 97.5 Å². The highest BCUT2D eigenvalue weighted by molar-refractivity contribution is 6.14. The fraction of sp³-hybridized carbons (Fsp3) is 0. The highest BCUT2D eigenvalue weighted by Gasteiger charge is 2.20. The molecule has 0 radical (unpaired) electrons. The number of hydrogen-bond donors (Lipinski definition) is 0. The zero-order chi connectivity index (χ0) is 21.1. The number of pyridine rings is 4. The summed E-state index contributed by atoms with van der Waals surface area (Å²) in [6.07, 6.45) is 5.44. The molecule has 0 aliphatic carbocycles. The minimum atomic E-state index is 0.835. The number of para-hydroxylation sites is 1. The lowest BCUT2D eigenvalue weighted by Gasteiger charge is -2.08. The topological polar surface area (TPSA) is 61.4 Å². The summed E-state index contributed by atoms with van der Waals surface area (Å²) in [6.45, 7) is 0. The molecule has 6 heteroatoms. The van der Waals surface area contributed by atoms with Crippen LogP contribution in [0.25, 0.3) is 55.6 Å². The minimum Gasteiger partial charge on any atom is -0.292 e. The van der Waals surface area contributed by atoms with Gasteiger partial charge in [0.25, 0.3) is 0 Å². The molecule has 0 aliphatic rings. The van der Waals surface area contributed by atoms with Crippen LogP contribution >= 0.6 is 0 Å². The van der Waals surface area contributed by atoms with Crippen molar-refractivity contribution in [3.8, 4) is 11.6 Å². The van der Waals surface area contributed by atoms with Crippen LogP contribution in [-0.2, 0) is 0 Å². The zero-order valence-electron chi connectivity index (χ0n) is 16.9. The Kier molecular flexibility index (Phi) is 3.46. The Balaban J connectivity index is 1.71. The van der Waals surface area contributed by atoms with Gasteiger partial charge in [-0.15, -0.1) is 0 Å². The maximum Gasteiger partial charge on any atom is 0.137 e. The van der Waals surface area contributed by atoms with E-state index in [1.54, 1.807) is 6.20 Å². The summed E-state index contributed by atoms with van der Waals surface area (Å²) < 4.78 is 4.30. The Hall–Kier alpha value is -4.58. The van der Waals surface area contributed by atoms with Gasteiger partial charge in [0.15, 0.2) is 0 Å². The standard InChI is InChI=1S/C26H16N6/c1-2-9-18-17(8-1)24-20(31(18)22-11-3-5-13-27-22)16-21-26(30-24)25-19(10-7-15-29-25)32(21)23-12-4-6-14-28-23/h1-16H. The number of benzene rings is 1. The van der Waals surface area contributed by atoms with Gasteiger partial charge < -0.3 is 0 Å². The first-order valence-electron chi connectivity index (χ1n) is 10.4. The van der Waals surface area contributed by atoms with Gasteiger partial charge in [0, 0.05) is 24.0 Å². The van der Waals surface area contributed by atoms with E-state index in [0.717, 1.165) is 55.6 Å². The molecular formula is C26H16N6. The van der Waals surface area contributed by atoms with Crippen LogP contribution in [0.2, 0.25) is 0 Å². The first-order chi connectivity index (χ1) is 15.9. The van der Waals surface area contributed by atoms with E-state index >= 15 is 0 Å². The summed E-state index contributed by atoms with van der Waals surface area (Å²) in [5.74, 6) is 1.70. The largest absolute Gasteiger partial charge is 0.292 e. The summed E-state index contributed by atoms with van der Waals surface area (Å²) >= 11 is 0. The Morgan fingerprint density at radius 2 is 1.09 bits per heavy atom. The smallest absolute Gasteiger partial charge is 0.137 e. The molecule has 0 saturated carbocycles. The van der Waals surface area contributed by atoms with Crippen molar-refractivity contribution in [3.63, 3.8) is 0 Å². The molecule has 7 aromatic rings. The molecule has 150 valence electrons. The van der Waals surface area contributed by atoms with Crippen LogP contribution in [0.5, 0.6) is 0 Å². The van der Waals surface area contributed by atoms with Crippen molar-refractivity contribution in [2.45, 2.75) is 0 Å². The second-order valence-electron chi connectivity index (χ2n) is 7.66. The van der Waals surface area contributed by atoms with Crippen LogP contribution < -0.4 is 0 Å². The SMILES string of the molecule is c1ccc(-n2c3ccccc3c3nc4c5ncccc5n(-c5ccccn5)c4cc32)nc1. The lowest BCUT2D eigenvalue weighted by atomic mass is 10.2. The molecule has 1 aromatic carbocycles. The number of fused-ring (bicyclic) bond motifs is 6. The van der Waals surface area contributed by atoms with Crippen molar-refractivity contribution in [1.82, 2.24) is 29.1 Å². The van der Waals surface area contributed by atoms with Gasteiger partial charge in [-0.1, -0.05) is 30.3 Å². The van der Waals surface area contributed by atoms with Crippen LogP contribution in [0, 0.1) is 0 Å². The Bertz CT molecular complexity index is 1640. The first kappa shape index (κ1) is 17.1. The number of aromatic nitrogens is 6. The van der Waals surface area contributed by atoms with Crippen LogP contribution in [0.4, 0.5) is 0 Å². The molecule has 0 unspecified atom stereocenters. The van der Waals surface area contributed by atoms with Gasteiger partial charge in [-0.05, 0) is 48.5 Å². The minimum absolute atomic E-state index is 0.835. The molecule has 0 bridgehead atoms. The predicted octanol–water partition coefficient (Wildman–Crippen LogP) is 5.46. The molecule has 0 saturated heterocycles. The molecule has 0 fully saturated rings. The first-order valence-corrected chi connectivity index (χ1v) is 10.4. The van der Waals surface area contributed by atoms with Crippen molar-refractivity contribution in [1.29, 1.82) is 0 Å². The van der Waals surface area contributed by atoms with Gasteiger partial charge in [0.1, 0.15) is 22.7 Å². The van der Waals surface area contributed by atoms with Gasteiger partial charge >= 0.3 is 0 Å². The van der Waals surface area contributed by atoms with E-state index in [0.29, 0.717) is 0 Å². The number of hydrogen-bond acceptors (Lipinski definition) is 4. The zero-order valence-corrected chi connectivity index (χ0v) is 16.9. The van der Waals surface area contributed by atoms with Crippen molar-refractivity contribution in [3.05, 3.63) is 97.5 Å². The molecule has 6 aromatic heterocycles. The molecule has 6 nitrogen and oxygen atoms in total. The quantitative estimate of drug-likeness (QED) is 0.378. The summed E-state index contributed by atoms with van der Waals surface area (Å²) in [5.41, 5.74) is 6.68. The monoisotopic (exact) mass is 412 g/mol. The fourth-order valence-corrected chi connectivity index (χ4v) is 4.56. The Morgan fingerprint density at radius 3 is 1.84 bits per heavy atom. The molecule has 7 rings (SSSR count). The Morgan fingerprint density at radius 1 is 0.469 bits per heavy atom. The molecule has 0 amide bonds. The highest BCUT2D eigenvalue weighted by Crippen LogP contribution is 2.36. The van der Waals surface area contributed by atoms with E-state index in [-0.39, 0.29) is 0 Å². The van der Waals surface area contributed by atoms with Gasteiger partial charge in [-0.25, -0.2) is 15.0 Å². The van der Waals surface area contributed by atoms with E-state index in [1.807, 2.05) is 67.0 Å². The highest BCUT2D eigenvalue weighted by atomic mass is 15.1. The summed E-state index contributed by atoms with van der Waals surface area (Å²) in [7, 11) is 0. The lowest BCUT2D eigenvalue weighted by Crippen LogP contribution is -1.98. The molecule has 0 aliphatic heterocycles. The van der Waals surface area contributed by atoms with E-state index in [4.69, 9.17) is 4.98 Å². The molecular weight excluding hydrogens is 396 g/mol. The van der Waals surface area contributed by atoms with Crippen LogP contribution in [0.1, 0.15) is 0 Å². The van der Waals surface area contributed by atoms with Crippen molar-refractivity contribution >= 4 is 44.0 Å². The van der Waals surface area contributed by atoms with Crippen molar-refractivity contribution in [2.75, 3.05) is 0 Å². The second kappa shape index (κ2) is 6.46. The fourth-order valence-electron chi connectivity index (χ4n) is 4.56. The van der Waals surface area contributed by atoms with Gasteiger partial charge in [0.2, 0.25) is 0 Å². The van der Waals surface area contributed by atoms with Gasteiger partial charge in [-0.2, -0.15) is 0 Å². The van der Waals surface area contributed by atoms with E-state index in [9.17, 15) is 0 Å². The lowest BCUT2D eigenvalue weighted by molar-refractivity contribution is 1.07. The molecule has 0 spiro atoms.